The predicted molar refractivity (Wildman–Crippen MR) is 23.0 cm³/mol. The summed E-state index contributed by atoms with van der Waals surface area (Å²) in [5, 5.41) is 0. The van der Waals surface area contributed by atoms with Crippen LogP contribution >= 0.6 is 12.6 Å². The lowest BCUT2D eigenvalue weighted by Crippen LogP contribution is -1.71. The highest BCUT2D eigenvalue weighted by Crippen LogP contribution is 2.12. The van der Waals surface area contributed by atoms with Gasteiger partial charge in [0, 0.05) is 5.75 Å². The van der Waals surface area contributed by atoms with Gasteiger partial charge in [-0.25, -0.2) is 0 Å². The van der Waals surface area contributed by atoms with Crippen LogP contribution in [-0.4, -0.2) is 12.7 Å². The van der Waals surface area contributed by atoms with Gasteiger partial charge in [-0.1, -0.05) is 0 Å². The van der Waals surface area contributed by atoms with Crippen LogP contribution in [0.3, 0.4) is 0 Å². The van der Waals surface area contributed by atoms with Gasteiger partial charge in [0.25, 0.3) is 0 Å². The maximum Gasteiger partial charge on any atom is 0.0937 e. The first-order valence-corrected chi connectivity index (χ1v) is 2.04. The summed E-state index contributed by atoms with van der Waals surface area (Å²) in [5.74, 6) is 1.75. The van der Waals surface area contributed by atoms with Crippen molar-refractivity contribution in [2.24, 2.45) is 0 Å². The van der Waals surface area contributed by atoms with Gasteiger partial charge in [-0.2, -0.15) is 12.6 Å². The van der Waals surface area contributed by atoms with E-state index in [4.69, 9.17) is 4.74 Å². The summed E-state index contributed by atoms with van der Waals surface area (Å²) < 4.78 is 4.73. The van der Waals surface area contributed by atoms with E-state index in [1.165, 1.54) is 0 Å². The molecule has 0 spiro atoms. The first-order valence-electron chi connectivity index (χ1n) is 1.52. The topological polar surface area (TPSA) is 12.5 Å². The van der Waals surface area contributed by atoms with E-state index in [2.05, 4.69) is 12.6 Å². The summed E-state index contributed by atoms with van der Waals surface area (Å²) in [6.45, 7) is 0.878. The average Bonchev–Trinajstić information content (AvgIpc) is 2.12. The molecule has 0 saturated carbocycles. The minimum atomic E-state index is 0.373. The van der Waals surface area contributed by atoms with Crippen molar-refractivity contribution < 1.29 is 4.74 Å². The van der Waals surface area contributed by atoms with E-state index in [9.17, 15) is 0 Å². The van der Waals surface area contributed by atoms with Gasteiger partial charge >= 0.3 is 0 Å². The Bertz CT molecular complexity index is 33.9. The van der Waals surface area contributed by atoms with E-state index in [0.29, 0.717) is 6.10 Å². The normalized spacial score (nSPS) is 34.2. The molecule has 1 radical (unpaired) electrons. The first-order chi connectivity index (χ1) is 2.43. The van der Waals surface area contributed by atoms with Crippen LogP contribution in [0, 0.1) is 5.75 Å². The molecule has 0 aromatic heterocycles. The number of hydrogen-bond acceptors (Lipinski definition) is 2. The summed E-state index contributed by atoms with van der Waals surface area (Å²) >= 11 is 3.83. The molecule has 1 aliphatic heterocycles. The van der Waals surface area contributed by atoms with Crippen molar-refractivity contribution in [3.05, 3.63) is 5.75 Å². The van der Waals surface area contributed by atoms with Gasteiger partial charge in [-0.3, -0.25) is 0 Å². The lowest BCUT2D eigenvalue weighted by Gasteiger charge is -1.68. The minimum Gasteiger partial charge on any atom is -0.372 e. The molecule has 2 heteroatoms. The third-order valence-electron chi connectivity index (χ3n) is 0.525. The van der Waals surface area contributed by atoms with E-state index in [0.717, 1.165) is 6.61 Å². The zero-order valence-corrected chi connectivity index (χ0v) is 3.61. The molecule has 1 rings (SSSR count). The maximum absolute atomic E-state index is 4.73. The summed E-state index contributed by atoms with van der Waals surface area (Å²) in [6.07, 6.45) is 0.373. The Morgan fingerprint density at radius 1 is 2.00 bits per heavy atom. The average molecular weight is 89.1 g/mol. The highest BCUT2D eigenvalue weighted by atomic mass is 32.1. The highest BCUT2D eigenvalue weighted by molar-refractivity contribution is 7.82. The van der Waals surface area contributed by atoms with Crippen molar-refractivity contribution in [1.82, 2.24) is 0 Å². The molecule has 1 unspecified atom stereocenters. The molecule has 0 aromatic carbocycles. The van der Waals surface area contributed by atoms with Gasteiger partial charge < -0.3 is 4.74 Å². The molecule has 1 atom stereocenters. The largest absolute Gasteiger partial charge is 0.372 e. The van der Waals surface area contributed by atoms with Gasteiger partial charge in [-0.15, -0.1) is 0 Å². The van der Waals surface area contributed by atoms with Crippen molar-refractivity contribution >= 4 is 12.6 Å². The van der Waals surface area contributed by atoms with Crippen molar-refractivity contribution in [2.75, 3.05) is 6.61 Å². The molecule has 0 N–H and O–H groups in total. The molecule has 0 bridgehead atoms. The Hall–Kier alpha value is 0.310. The Morgan fingerprint density at radius 2 is 2.60 bits per heavy atom. The fourth-order valence-electron chi connectivity index (χ4n) is 0.142. The van der Waals surface area contributed by atoms with Gasteiger partial charge in [0.05, 0.1) is 12.7 Å². The number of epoxide rings is 1. The fraction of sp³-hybridized carbons (Fsp3) is 0.667. The molecular weight excluding hydrogens is 84.1 g/mol. The second-order valence-corrected chi connectivity index (χ2v) is 1.32. The zero-order chi connectivity index (χ0) is 3.70. The number of thiol groups is 1. The predicted octanol–water partition coefficient (Wildman–Crippen LogP) is 0.477. The second-order valence-electron chi connectivity index (χ2n) is 1.02. The molecule has 0 aromatic rings. The van der Waals surface area contributed by atoms with Crippen LogP contribution in [0.15, 0.2) is 0 Å². The third-order valence-corrected chi connectivity index (χ3v) is 0.858. The molecule has 1 fully saturated rings. The molecule has 0 amide bonds. The first kappa shape index (κ1) is 3.50. The van der Waals surface area contributed by atoms with Crippen LogP contribution in [0.25, 0.3) is 0 Å². The number of rotatable bonds is 1. The van der Waals surface area contributed by atoms with E-state index in [-0.39, 0.29) is 0 Å². The zero-order valence-electron chi connectivity index (χ0n) is 2.72. The summed E-state index contributed by atoms with van der Waals surface area (Å²) in [6, 6.07) is 0. The standard InChI is InChI=1S/C3H5OS/c5-2-3-1-4-3/h2-3,5H,1H2. The molecule has 29 valence electrons. The molecule has 1 aliphatic rings. The van der Waals surface area contributed by atoms with Gasteiger partial charge in [0.2, 0.25) is 0 Å². The Kier molecular flexibility index (Phi) is 0.830. The van der Waals surface area contributed by atoms with Gasteiger partial charge in [0.15, 0.2) is 0 Å². The highest BCUT2D eigenvalue weighted by Gasteiger charge is 2.19. The smallest absolute Gasteiger partial charge is 0.0937 e. The van der Waals surface area contributed by atoms with Crippen molar-refractivity contribution in [3.8, 4) is 0 Å². The monoisotopic (exact) mass is 89.0 g/mol. The molecule has 5 heavy (non-hydrogen) atoms. The van der Waals surface area contributed by atoms with E-state index in [1.54, 1.807) is 5.75 Å². The number of ether oxygens (including phenoxy) is 1. The molecule has 1 heterocycles. The van der Waals surface area contributed by atoms with Gasteiger partial charge in [-0.05, 0) is 0 Å². The Labute approximate surface area is 36.7 Å². The summed E-state index contributed by atoms with van der Waals surface area (Å²) in [5.41, 5.74) is 0. The van der Waals surface area contributed by atoms with Crippen molar-refractivity contribution in [3.63, 3.8) is 0 Å². The SMILES string of the molecule is S[CH]C1CO1. The van der Waals surface area contributed by atoms with Crippen molar-refractivity contribution in [1.29, 1.82) is 0 Å². The lowest BCUT2D eigenvalue weighted by molar-refractivity contribution is 0.436. The van der Waals surface area contributed by atoms with E-state index < -0.39 is 0 Å². The van der Waals surface area contributed by atoms with Gasteiger partial charge in [0.1, 0.15) is 0 Å². The van der Waals surface area contributed by atoms with Crippen LogP contribution in [-0.2, 0) is 4.74 Å². The molecule has 0 aliphatic carbocycles. The summed E-state index contributed by atoms with van der Waals surface area (Å²) in [7, 11) is 0. The van der Waals surface area contributed by atoms with E-state index in [1.807, 2.05) is 0 Å². The fourth-order valence-corrected chi connectivity index (χ4v) is 0.314. The molecule has 1 saturated heterocycles. The Morgan fingerprint density at radius 3 is 2.60 bits per heavy atom. The quantitative estimate of drug-likeness (QED) is 0.364. The Balaban J connectivity index is 2.00. The summed E-state index contributed by atoms with van der Waals surface area (Å²) in [4.78, 5) is 0. The van der Waals surface area contributed by atoms with Crippen LogP contribution < -0.4 is 0 Å². The van der Waals surface area contributed by atoms with Crippen LogP contribution in [0.4, 0.5) is 0 Å². The molecular formula is C3H5OS. The van der Waals surface area contributed by atoms with Crippen LogP contribution in [0.5, 0.6) is 0 Å². The van der Waals surface area contributed by atoms with Crippen LogP contribution in [0.2, 0.25) is 0 Å². The molecule has 1 nitrogen and oxygen atoms in total. The van der Waals surface area contributed by atoms with Crippen molar-refractivity contribution in [2.45, 2.75) is 6.10 Å². The maximum atomic E-state index is 4.73. The minimum absolute atomic E-state index is 0.373. The van der Waals surface area contributed by atoms with Crippen LogP contribution in [0.1, 0.15) is 0 Å². The lowest BCUT2D eigenvalue weighted by atomic mass is 10.6. The third kappa shape index (κ3) is 0.816. The van der Waals surface area contributed by atoms with E-state index >= 15 is 0 Å². The second kappa shape index (κ2) is 1.19. The number of hydrogen-bond donors (Lipinski definition) is 1.